The summed E-state index contributed by atoms with van der Waals surface area (Å²) in [6, 6.07) is 17.1. The monoisotopic (exact) mass is 545 g/mol. The van der Waals surface area contributed by atoms with Crippen molar-refractivity contribution < 1.29 is 22.4 Å². The van der Waals surface area contributed by atoms with Crippen LogP contribution in [0.2, 0.25) is 5.02 Å². The van der Waals surface area contributed by atoms with Gasteiger partial charge in [-0.2, -0.15) is 0 Å². The highest BCUT2D eigenvalue weighted by molar-refractivity contribution is 7.92. The number of benzene rings is 3. The van der Waals surface area contributed by atoms with Crippen LogP contribution in [0, 0.1) is 12.7 Å². The van der Waals surface area contributed by atoms with Gasteiger partial charge in [0.2, 0.25) is 11.8 Å². The highest BCUT2D eigenvalue weighted by Gasteiger charge is 2.33. The Labute approximate surface area is 221 Å². The average Bonchev–Trinajstić information content (AvgIpc) is 2.88. The minimum atomic E-state index is -4.25. The van der Waals surface area contributed by atoms with E-state index in [4.69, 9.17) is 11.6 Å². The van der Waals surface area contributed by atoms with Gasteiger partial charge in [-0.3, -0.25) is 13.9 Å². The van der Waals surface area contributed by atoms with Crippen LogP contribution in [-0.2, 0) is 26.2 Å². The molecule has 1 N–H and O–H groups in total. The Bertz CT molecular complexity index is 1330. The van der Waals surface area contributed by atoms with Gasteiger partial charge in [-0.1, -0.05) is 48.4 Å². The molecule has 3 rings (SSSR count). The predicted molar refractivity (Wildman–Crippen MR) is 142 cm³/mol. The molecule has 196 valence electrons. The van der Waals surface area contributed by atoms with Crippen LogP contribution in [0.1, 0.15) is 24.5 Å². The first-order valence-electron chi connectivity index (χ1n) is 11.7. The van der Waals surface area contributed by atoms with Crippen molar-refractivity contribution in [1.82, 2.24) is 10.2 Å². The molecule has 0 heterocycles. The molecule has 0 aliphatic heterocycles. The molecule has 0 radical (unpaired) electrons. The normalized spacial score (nSPS) is 12.0. The number of likely N-dealkylation sites (N-methyl/N-ethyl adjacent to an activating group) is 1. The number of hydrogen-bond acceptors (Lipinski definition) is 4. The molecule has 0 bridgehead atoms. The Morgan fingerprint density at radius 3 is 2.11 bits per heavy atom. The van der Waals surface area contributed by atoms with Crippen molar-refractivity contribution in [2.75, 3.05) is 17.9 Å². The lowest BCUT2D eigenvalue weighted by atomic mass is 10.1. The molecule has 2 amide bonds. The lowest BCUT2D eigenvalue weighted by Gasteiger charge is -2.33. The summed E-state index contributed by atoms with van der Waals surface area (Å²) >= 11 is 6.00. The van der Waals surface area contributed by atoms with Crippen LogP contribution in [0.4, 0.5) is 10.1 Å². The Morgan fingerprint density at radius 2 is 1.57 bits per heavy atom. The summed E-state index contributed by atoms with van der Waals surface area (Å²) in [5.41, 5.74) is 1.90. The van der Waals surface area contributed by atoms with Gasteiger partial charge in [0.05, 0.1) is 10.6 Å². The summed E-state index contributed by atoms with van der Waals surface area (Å²) in [6.07, 6.45) is 0.314. The van der Waals surface area contributed by atoms with E-state index in [9.17, 15) is 22.4 Å². The highest BCUT2D eigenvalue weighted by Crippen LogP contribution is 2.25. The van der Waals surface area contributed by atoms with Gasteiger partial charge in [-0.15, -0.1) is 0 Å². The number of anilines is 1. The van der Waals surface area contributed by atoms with Crippen LogP contribution in [0.15, 0.2) is 77.7 Å². The molecule has 3 aromatic carbocycles. The van der Waals surface area contributed by atoms with Gasteiger partial charge in [0.25, 0.3) is 10.0 Å². The molecule has 0 saturated heterocycles. The first-order valence-corrected chi connectivity index (χ1v) is 13.5. The number of carbonyl (C=O) groups is 2. The van der Waals surface area contributed by atoms with Gasteiger partial charge >= 0.3 is 0 Å². The fourth-order valence-electron chi connectivity index (χ4n) is 3.85. The number of sulfonamides is 1. The number of rotatable bonds is 10. The first-order chi connectivity index (χ1) is 17.6. The number of nitrogens with zero attached hydrogens (tertiary/aromatic N) is 2. The fraction of sp³-hybridized carbons (Fsp3) is 0.259. The van der Waals surface area contributed by atoms with Gasteiger partial charge in [0.15, 0.2) is 0 Å². The second-order valence-electron chi connectivity index (χ2n) is 8.49. The zero-order valence-electron chi connectivity index (χ0n) is 20.8. The molecule has 3 aromatic rings. The van der Waals surface area contributed by atoms with Crippen LogP contribution in [0.3, 0.4) is 0 Å². The summed E-state index contributed by atoms with van der Waals surface area (Å²) in [4.78, 5) is 27.7. The molecular weight excluding hydrogens is 517 g/mol. The molecule has 0 aliphatic rings. The first kappa shape index (κ1) is 28.1. The molecule has 7 nitrogen and oxygen atoms in total. The van der Waals surface area contributed by atoms with Crippen LogP contribution in [0.5, 0.6) is 0 Å². The van der Waals surface area contributed by atoms with Gasteiger partial charge in [-0.25, -0.2) is 12.8 Å². The Balaban J connectivity index is 2.04. The summed E-state index contributed by atoms with van der Waals surface area (Å²) in [6.45, 7) is 3.13. The van der Waals surface area contributed by atoms with E-state index in [1.165, 1.54) is 11.9 Å². The molecule has 0 saturated carbocycles. The number of nitrogens with one attached hydrogen (secondary N) is 1. The SMILES string of the molecule is CCC(C(=O)NC)N(Cc1ccc(Cl)cc1)C(=O)CN(c1ccc(C)cc1)S(=O)(=O)c1ccc(F)cc1. The number of carbonyl (C=O) groups excluding carboxylic acids is 2. The standard InChI is InChI=1S/C27H29ClFN3O4S/c1-4-25(27(34)30-3)31(17-20-7-9-21(28)10-8-20)26(33)18-32(23-13-5-19(2)6-14-23)37(35,36)24-15-11-22(29)12-16-24/h5-16,25H,4,17-18H2,1-3H3,(H,30,34). The van der Waals surface area contributed by atoms with Crippen LogP contribution in [-0.4, -0.2) is 44.8 Å². The highest BCUT2D eigenvalue weighted by atomic mass is 35.5. The predicted octanol–water partition coefficient (Wildman–Crippen LogP) is 4.54. The number of amides is 2. The summed E-state index contributed by atoms with van der Waals surface area (Å²) in [7, 11) is -2.77. The van der Waals surface area contributed by atoms with Crippen molar-refractivity contribution in [2.45, 2.75) is 37.8 Å². The Hall–Kier alpha value is -3.43. The minimum absolute atomic E-state index is 0.0697. The largest absolute Gasteiger partial charge is 0.357 e. The molecule has 0 aliphatic carbocycles. The van der Waals surface area contributed by atoms with E-state index >= 15 is 0 Å². The van der Waals surface area contributed by atoms with Gasteiger partial charge in [0, 0.05) is 18.6 Å². The Kier molecular flexibility index (Phi) is 9.29. The van der Waals surface area contributed by atoms with E-state index in [0.29, 0.717) is 11.4 Å². The zero-order valence-corrected chi connectivity index (χ0v) is 22.4. The van der Waals surface area contributed by atoms with Gasteiger partial charge < -0.3 is 10.2 Å². The van der Waals surface area contributed by atoms with E-state index in [-0.39, 0.29) is 23.0 Å². The van der Waals surface area contributed by atoms with Crippen LogP contribution >= 0.6 is 11.6 Å². The van der Waals surface area contributed by atoms with Crippen molar-refractivity contribution in [2.24, 2.45) is 0 Å². The second kappa shape index (κ2) is 12.2. The van der Waals surface area contributed by atoms with E-state index in [2.05, 4.69) is 5.32 Å². The molecule has 1 unspecified atom stereocenters. The van der Waals surface area contributed by atoms with Crippen molar-refractivity contribution in [1.29, 1.82) is 0 Å². The minimum Gasteiger partial charge on any atom is -0.357 e. The topological polar surface area (TPSA) is 86.8 Å². The number of hydrogen-bond donors (Lipinski definition) is 1. The molecule has 37 heavy (non-hydrogen) atoms. The Morgan fingerprint density at radius 1 is 0.973 bits per heavy atom. The maximum Gasteiger partial charge on any atom is 0.264 e. The average molecular weight is 546 g/mol. The third-order valence-corrected chi connectivity index (χ3v) is 7.94. The van der Waals surface area contributed by atoms with Crippen molar-refractivity contribution in [3.8, 4) is 0 Å². The lowest BCUT2D eigenvalue weighted by Crippen LogP contribution is -2.51. The maximum atomic E-state index is 13.8. The second-order valence-corrected chi connectivity index (χ2v) is 10.8. The quantitative estimate of drug-likeness (QED) is 0.405. The third kappa shape index (κ3) is 6.87. The van der Waals surface area contributed by atoms with Crippen LogP contribution < -0.4 is 9.62 Å². The van der Waals surface area contributed by atoms with Gasteiger partial charge in [-0.05, 0) is 67.4 Å². The zero-order chi connectivity index (χ0) is 27.2. The van der Waals surface area contributed by atoms with E-state index in [1.54, 1.807) is 55.5 Å². The molecule has 0 aromatic heterocycles. The maximum absolute atomic E-state index is 13.8. The van der Waals surface area contributed by atoms with Crippen LogP contribution in [0.25, 0.3) is 0 Å². The molecule has 0 spiro atoms. The number of halogens is 2. The van der Waals surface area contributed by atoms with E-state index < -0.39 is 34.3 Å². The van der Waals surface area contributed by atoms with E-state index in [1.807, 2.05) is 6.92 Å². The summed E-state index contributed by atoms with van der Waals surface area (Å²) in [5, 5.41) is 3.10. The summed E-state index contributed by atoms with van der Waals surface area (Å²) < 4.78 is 41.8. The van der Waals surface area contributed by atoms with Crippen molar-refractivity contribution >= 4 is 39.1 Å². The van der Waals surface area contributed by atoms with Crippen molar-refractivity contribution in [3.05, 3.63) is 94.8 Å². The smallest absolute Gasteiger partial charge is 0.264 e. The fourth-order valence-corrected chi connectivity index (χ4v) is 5.39. The molecule has 1 atom stereocenters. The van der Waals surface area contributed by atoms with Crippen molar-refractivity contribution in [3.63, 3.8) is 0 Å². The number of aryl methyl sites for hydroxylation is 1. The lowest BCUT2D eigenvalue weighted by molar-refractivity contribution is -0.140. The third-order valence-electron chi connectivity index (χ3n) is 5.90. The van der Waals surface area contributed by atoms with E-state index in [0.717, 1.165) is 39.7 Å². The summed E-state index contributed by atoms with van der Waals surface area (Å²) in [5.74, 6) is -1.52. The molecule has 10 heteroatoms. The molecular formula is C27H29ClFN3O4S. The molecule has 0 fully saturated rings. The van der Waals surface area contributed by atoms with Gasteiger partial charge in [0.1, 0.15) is 18.4 Å².